The zero-order valence-corrected chi connectivity index (χ0v) is 21.7. The molecular formula is C26H26BrN3O2S. The number of hydrogen-bond donors (Lipinski definition) is 1. The lowest BCUT2D eigenvalue weighted by Gasteiger charge is -2.43. The molecule has 0 aromatic heterocycles. The van der Waals surface area contributed by atoms with Gasteiger partial charge in [-0.2, -0.15) is 0 Å². The molecular weight excluding hydrogens is 498 g/mol. The fourth-order valence-electron chi connectivity index (χ4n) is 4.64. The van der Waals surface area contributed by atoms with Crippen LogP contribution in [0.15, 0.2) is 52.5 Å². The molecule has 2 heterocycles. The van der Waals surface area contributed by atoms with Gasteiger partial charge in [-0.1, -0.05) is 28.1 Å². The molecule has 4 rings (SSSR count). The Labute approximate surface area is 208 Å². The maximum atomic E-state index is 13.4. The van der Waals surface area contributed by atoms with Crippen LogP contribution in [0.4, 0.5) is 11.4 Å². The van der Waals surface area contributed by atoms with E-state index in [4.69, 9.17) is 12.2 Å². The number of rotatable bonds is 3. The van der Waals surface area contributed by atoms with Gasteiger partial charge in [0.2, 0.25) is 0 Å². The predicted molar refractivity (Wildman–Crippen MR) is 142 cm³/mol. The standard InChI is InChI=1S/C26H26BrN3O2S/c1-6-29-22-10-15(2)17(11-20(22)16(3)14-26(29,4)5)12-21-23(31)28-25(33)30(24(21)32)19-9-7-8-18(27)13-19/h7-14H,6H2,1-5H3,(H,28,31,33)/b21-12-. The third-order valence-electron chi connectivity index (χ3n) is 6.15. The second-order valence-corrected chi connectivity index (χ2v) is 10.2. The normalized spacial score (nSPS) is 18.9. The summed E-state index contributed by atoms with van der Waals surface area (Å²) in [5.41, 5.74) is 5.83. The first-order valence-corrected chi connectivity index (χ1v) is 12.0. The van der Waals surface area contributed by atoms with Crippen molar-refractivity contribution < 1.29 is 9.59 Å². The Kier molecular flexibility index (Phi) is 6.05. The van der Waals surface area contributed by atoms with Crippen LogP contribution >= 0.6 is 28.1 Å². The van der Waals surface area contributed by atoms with Crippen molar-refractivity contribution in [2.45, 2.75) is 40.2 Å². The Morgan fingerprint density at radius 1 is 1.15 bits per heavy atom. The average Bonchev–Trinajstić information content (AvgIpc) is 2.71. The lowest BCUT2D eigenvalue weighted by molar-refractivity contribution is -0.122. The van der Waals surface area contributed by atoms with E-state index in [2.05, 4.69) is 72.1 Å². The van der Waals surface area contributed by atoms with Gasteiger partial charge < -0.3 is 4.90 Å². The average molecular weight is 524 g/mol. The van der Waals surface area contributed by atoms with Crippen molar-refractivity contribution in [3.05, 3.63) is 69.2 Å². The first-order valence-electron chi connectivity index (χ1n) is 10.8. The number of amides is 2. The monoisotopic (exact) mass is 523 g/mol. The lowest BCUT2D eigenvalue weighted by atomic mass is 9.86. The fourth-order valence-corrected chi connectivity index (χ4v) is 5.31. The van der Waals surface area contributed by atoms with Crippen molar-refractivity contribution in [3.63, 3.8) is 0 Å². The van der Waals surface area contributed by atoms with Crippen LogP contribution in [0.3, 0.4) is 0 Å². The van der Waals surface area contributed by atoms with Gasteiger partial charge in [-0.25, -0.2) is 0 Å². The number of aryl methyl sites for hydroxylation is 1. The second-order valence-electron chi connectivity index (χ2n) is 8.89. The largest absolute Gasteiger partial charge is 0.363 e. The topological polar surface area (TPSA) is 52.7 Å². The van der Waals surface area contributed by atoms with E-state index in [1.165, 1.54) is 16.2 Å². The quantitative estimate of drug-likeness (QED) is 0.322. The highest BCUT2D eigenvalue weighted by atomic mass is 79.9. The van der Waals surface area contributed by atoms with Gasteiger partial charge in [0.1, 0.15) is 5.57 Å². The number of benzene rings is 2. The SMILES string of the molecule is CCN1c2cc(C)c(/C=C3/C(=O)NC(=S)N(c4cccc(Br)c4)C3=O)cc2C(C)=CC1(C)C. The molecule has 0 bridgehead atoms. The summed E-state index contributed by atoms with van der Waals surface area (Å²) in [4.78, 5) is 29.9. The minimum Gasteiger partial charge on any atom is -0.363 e. The predicted octanol–water partition coefficient (Wildman–Crippen LogP) is 5.61. The van der Waals surface area contributed by atoms with E-state index >= 15 is 0 Å². The number of allylic oxidation sites excluding steroid dienone is 1. The molecule has 0 saturated carbocycles. The summed E-state index contributed by atoms with van der Waals surface area (Å²) in [6.07, 6.45) is 3.93. The number of anilines is 2. The summed E-state index contributed by atoms with van der Waals surface area (Å²) in [7, 11) is 0. The van der Waals surface area contributed by atoms with E-state index in [9.17, 15) is 9.59 Å². The first-order chi connectivity index (χ1) is 15.5. The number of carbonyl (C=O) groups excluding carboxylic acids is 2. The van der Waals surface area contributed by atoms with Crippen LogP contribution in [0.2, 0.25) is 0 Å². The van der Waals surface area contributed by atoms with Gasteiger partial charge in [0.25, 0.3) is 11.8 Å². The van der Waals surface area contributed by atoms with Crippen LogP contribution in [0, 0.1) is 6.92 Å². The van der Waals surface area contributed by atoms with Crippen molar-refractivity contribution >= 4 is 68.1 Å². The number of nitrogens with one attached hydrogen (secondary N) is 1. The van der Waals surface area contributed by atoms with Crippen LogP contribution < -0.4 is 15.1 Å². The molecule has 2 aromatic rings. The summed E-state index contributed by atoms with van der Waals surface area (Å²) < 4.78 is 0.814. The Morgan fingerprint density at radius 3 is 2.55 bits per heavy atom. The van der Waals surface area contributed by atoms with E-state index in [0.29, 0.717) is 5.69 Å². The van der Waals surface area contributed by atoms with Gasteiger partial charge >= 0.3 is 0 Å². The first kappa shape index (κ1) is 23.4. The highest BCUT2D eigenvalue weighted by molar-refractivity contribution is 9.10. The second kappa shape index (κ2) is 8.54. The van der Waals surface area contributed by atoms with Gasteiger partial charge in [0, 0.05) is 22.3 Å². The molecule has 1 saturated heterocycles. The Morgan fingerprint density at radius 2 is 1.88 bits per heavy atom. The molecule has 2 aromatic carbocycles. The van der Waals surface area contributed by atoms with Gasteiger partial charge in [0.05, 0.1) is 11.2 Å². The van der Waals surface area contributed by atoms with Gasteiger partial charge in [-0.15, -0.1) is 0 Å². The summed E-state index contributed by atoms with van der Waals surface area (Å²) in [6.45, 7) is 11.5. The van der Waals surface area contributed by atoms with Crippen molar-refractivity contribution in [2.24, 2.45) is 0 Å². The van der Waals surface area contributed by atoms with E-state index in [1.807, 2.05) is 19.1 Å². The molecule has 5 nitrogen and oxygen atoms in total. The zero-order chi connectivity index (χ0) is 24.1. The third kappa shape index (κ3) is 4.15. The molecule has 1 fully saturated rings. The maximum Gasteiger partial charge on any atom is 0.270 e. The van der Waals surface area contributed by atoms with Crippen molar-refractivity contribution in [2.75, 3.05) is 16.3 Å². The highest BCUT2D eigenvalue weighted by Crippen LogP contribution is 2.40. The van der Waals surface area contributed by atoms with E-state index < -0.39 is 11.8 Å². The number of hydrogen-bond acceptors (Lipinski definition) is 4. The number of halogens is 1. The van der Waals surface area contributed by atoms with Crippen LogP contribution in [-0.2, 0) is 9.59 Å². The van der Waals surface area contributed by atoms with Gasteiger partial charge in [-0.05, 0) is 99.9 Å². The van der Waals surface area contributed by atoms with Crippen molar-refractivity contribution in [1.82, 2.24) is 5.32 Å². The maximum absolute atomic E-state index is 13.4. The summed E-state index contributed by atoms with van der Waals surface area (Å²) >= 11 is 8.74. The molecule has 33 heavy (non-hydrogen) atoms. The molecule has 2 amide bonds. The molecule has 1 N–H and O–H groups in total. The van der Waals surface area contributed by atoms with E-state index in [0.717, 1.165) is 27.7 Å². The Hall–Kier alpha value is -2.77. The fraction of sp³-hybridized carbons (Fsp3) is 0.269. The minimum absolute atomic E-state index is 0.0525. The van der Waals surface area contributed by atoms with Gasteiger partial charge in [-0.3, -0.25) is 19.8 Å². The number of fused-ring (bicyclic) bond motifs is 1. The van der Waals surface area contributed by atoms with Crippen LogP contribution in [0.1, 0.15) is 44.4 Å². The van der Waals surface area contributed by atoms with Crippen LogP contribution in [-0.4, -0.2) is 29.0 Å². The van der Waals surface area contributed by atoms with E-state index in [1.54, 1.807) is 18.2 Å². The number of likely N-dealkylation sites (N-methyl/N-ethyl adjacent to an activating group) is 1. The molecule has 7 heteroatoms. The zero-order valence-electron chi connectivity index (χ0n) is 19.3. The molecule has 0 aliphatic carbocycles. The number of nitrogens with zero attached hydrogens (tertiary/aromatic N) is 2. The molecule has 0 radical (unpaired) electrons. The molecule has 0 atom stereocenters. The van der Waals surface area contributed by atoms with Crippen LogP contribution in [0.5, 0.6) is 0 Å². The van der Waals surface area contributed by atoms with E-state index in [-0.39, 0.29) is 16.2 Å². The van der Waals surface area contributed by atoms with Crippen LogP contribution in [0.25, 0.3) is 11.6 Å². The highest BCUT2D eigenvalue weighted by Gasteiger charge is 2.35. The smallest absolute Gasteiger partial charge is 0.270 e. The van der Waals surface area contributed by atoms with Crippen molar-refractivity contribution in [1.29, 1.82) is 0 Å². The van der Waals surface area contributed by atoms with Gasteiger partial charge in [0.15, 0.2) is 5.11 Å². The molecule has 0 unspecified atom stereocenters. The molecule has 2 aliphatic heterocycles. The number of carbonyl (C=O) groups is 2. The molecule has 2 aliphatic rings. The summed E-state index contributed by atoms with van der Waals surface area (Å²) in [6, 6.07) is 11.5. The summed E-state index contributed by atoms with van der Waals surface area (Å²) in [5, 5.41) is 2.73. The molecule has 170 valence electrons. The van der Waals surface area contributed by atoms with Crippen molar-refractivity contribution in [3.8, 4) is 0 Å². The molecule has 0 spiro atoms. The minimum atomic E-state index is -0.489. The Bertz CT molecular complexity index is 1260. The summed E-state index contributed by atoms with van der Waals surface area (Å²) in [5.74, 6) is -0.931. The Balaban J connectivity index is 1.80. The lowest BCUT2D eigenvalue weighted by Crippen LogP contribution is -2.54. The third-order valence-corrected chi connectivity index (χ3v) is 6.93. The number of thiocarbonyl (C=S) groups is 1.